The van der Waals surface area contributed by atoms with Gasteiger partial charge in [-0.1, -0.05) is 51.1 Å². The molecule has 0 radical (unpaired) electrons. The third-order valence-electron chi connectivity index (χ3n) is 3.88. The van der Waals surface area contributed by atoms with Crippen molar-refractivity contribution in [3.05, 3.63) is 65.5 Å². The number of amides is 1. The lowest BCUT2D eigenvalue weighted by atomic mass is 9.87. The smallest absolute Gasteiger partial charge is 0.239 e. The number of carbonyl (C=O) groups excluding carboxylic acids is 1. The summed E-state index contributed by atoms with van der Waals surface area (Å²) in [5.41, 5.74) is 2.89. The third kappa shape index (κ3) is 5.37. The van der Waals surface area contributed by atoms with Crippen LogP contribution in [0.25, 0.3) is 0 Å². The molecule has 0 spiro atoms. The molecule has 0 fully saturated rings. The molecule has 0 aliphatic heterocycles. The average molecular weight is 328 g/mol. The van der Waals surface area contributed by atoms with E-state index in [1.54, 1.807) is 18.2 Å². The Morgan fingerprint density at radius 3 is 2.33 bits per heavy atom. The lowest BCUT2D eigenvalue weighted by Crippen LogP contribution is -2.31. The number of rotatable bonds is 6. The zero-order valence-corrected chi connectivity index (χ0v) is 14.5. The molecule has 1 amide bonds. The summed E-state index contributed by atoms with van der Waals surface area (Å²) in [6, 6.07) is 14.7. The Labute approximate surface area is 143 Å². The van der Waals surface area contributed by atoms with E-state index in [1.165, 1.54) is 11.6 Å². The molecule has 128 valence electrons. The lowest BCUT2D eigenvalue weighted by Gasteiger charge is -2.19. The molecule has 4 heteroatoms. The van der Waals surface area contributed by atoms with Crippen LogP contribution in [0.1, 0.15) is 31.9 Å². The largest absolute Gasteiger partial charge is 0.376 e. The number of nitrogens with one attached hydrogen (secondary N) is 2. The van der Waals surface area contributed by atoms with E-state index in [2.05, 4.69) is 43.5 Å². The van der Waals surface area contributed by atoms with E-state index in [4.69, 9.17) is 0 Å². The van der Waals surface area contributed by atoms with Gasteiger partial charge in [-0.3, -0.25) is 4.79 Å². The van der Waals surface area contributed by atoms with Crippen LogP contribution in [0.5, 0.6) is 0 Å². The molecule has 0 heterocycles. The van der Waals surface area contributed by atoms with Crippen LogP contribution in [0.15, 0.2) is 48.5 Å². The first-order chi connectivity index (χ1) is 11.4. The Morgan fingerprint density at radius 2 is 1.71 bits per heavy atom. The van der Waals surface area contributed by atoms with Crippen molar-refractivity contribution in [3.63, 3.8) is 0 Å². The van der Waals surface area contributed by atoms with Crippen LogP contribution in [0.4, 0.5) is 10.1 Å². The Balaban J connectivity index is 1.74. The van der Waals surface area contributed by atoms with E-state index >= 15 is 0 Å². The number of carbonyl (C=O) groups is 1. The van der Waals surface area contributed by atoms with Crippen molar-refractivity contribution in [1.82, 2.24) is 5.32 Å². The summed E-state index contributed by atoms with van der Waals surface area (Å²) in [6.45, 7) is 7.12. The molecule has 0 saturated heterocycles. The molecule has 0 unspecified atom stereocenters. The van der Waals surface area contributed by atoms with Crippen LogP contribution < -0.4 is 10.6 Å². The van der Waals surface area contributed by atoms with Crippen molar-refractivity contribution < 1.29 is 9.18 Å². The van der Waals surface area contributed by atoms with Gasteiger partial charge in [0.1, 0.15) is 5.82 Å². The van der Waals surface area contributed by atoms with Crippen molar-refractivity contribution in [3.8, 4) is 0 Å². The highest BCUT2D eigenvalue weighted by Crippen LogP contribution is 2.23. The Hall–Kier alpha value is -2.36. The highest BCUT2D eigenvalue weighted by molar-refractivity contribution is 5.80. The van der Waals surface area contributed by atoms with E-state index in [0.29, 0.717) is 18.5 Å². The summed E-state index contributed by atoms with van der Waals surface area (Å²) in [5.74, 6) is -0.338. The number of anilines is 1. The Morgan fingerprint density at radius 1 is 1.04 bits per heavy atom. The molecule has 0 bridgehead atoms. The fourth-order valence-electron chi connectivity index (χ4n) is 2.37. The minimum atomic E-state index is -0.233. The second-order valence-electron chi connectivity index (χ2n) is 6.87. The monoisotopic (exact) mass is 328 g/mol. The third-order valence-corrected chi connectivity index (χ3v) is 3.88. The molecule has 0 atom stereocenters. The highest BCUT2D eigenvalue weighted by Gasteiger charge is 2.12. The van der Waals surface area contributed by atoms with Crippen LogP contribution in [0.3, 0.4) is 0 Å². The summed E-state index contributed by atoms with van der Waals surface area (Å²) >= 11 is 0. The summed E-state index contributed by atoms with van der Waals surface area (Å²) < 4.78 is 13.5. The van der Waals surface area contributed by atoms with Crippen LogP contribution in [-0.4, -0.2) is 19.0 Å². The number of hydrogen-bond acceptors (Lipinski definition) is 2. The molecule has 3 nitrogen and oxygen atoms in total. The molecule has 24 heavy (non-hydrogen) atoms. The molecule has 0 aromatic heterocycles. The minimum absolute atomic E-state index is 0.105. The van der Waals surface area contributed by atoms with Gasteiger partial charge in [0.15, 0.2) is 0 Å². The van der Waals surface area contributed by atoms with Gasteiger partial charge in [-0.15, -0.1) is 0 Å². The first kappa shape index (κ1) is 18.0. The maximum atomic E-state index is 13.5. The highest BCUT2D eigenvalue weighted by atomic mass is 19.1. The molecule has 0 saturated carbocycles. The Bertz CT molecular complexity index is 675. The average Bonchev–Trinajstić information content (AvgIpc) is 2.54. The zero-order chi connectivity index (χ0) is 17.6. The van der Waals surface area contributed by atoms with Crippen LogP contribution in [0, 0.1) is 5.82 Å². The van der Waals surface area contributed by atoms with E-state index in [0.717, 1.165) is 5.69 Å². The van der Waals surface area contributed by atoms with E-state index in [9.17, 15) is 9.18 Å². The number of halogens is 1. The number of benzene rings is 2. The second-order valence-corrected chi connectivity index (χ2v) is 6.87. The topological polar surface area (TPSA) is 41.1 Å². The SMILES string of the molecule is CC(C)(C)c1ccc(NCC(=O)NCCc2ccccc2F)cc1. The molecule has 0 aliphatic carbocycles. The summed E-state index contributed by atoms with van der Waals surface area (Å²) in [6.07, 6.45) is 0.485. The fourth-order valence-corrected chi connectivity index (χ4v) is 2.37. The van der Waals surface area contributed by atoms with Gasteiger partial charge < -0.3 is 10.6 Å². The van der Waals surface area contributed by atoms with Gasteiger partial charge in [-0.25, -0.2) is 4.39 Å². The van der Waals surface area contributed by atoms with Crippen LogP contribution in [0.2, 0.25) is 0 Å². The van der Waals surface area contributed by atoms with Gasteiger partial charge in [-0.2, -0.15) is 0 Å². The van der Waals surface area contributed by atoms with E-state index < -0.39 is 0 Å². The molecule has 2 N–H and O–H groups in total. The Kier molecular flexibility index (Phi) is 5.96. The predicted molar refractivity (Wildman–Crippen MR) is 96.7 cm³/mol. The lowest BCUT2D eigenvalue weighted by molar-refractivity contribution is -0.119. The molecule has 2 aromatic carbocycles. The van der Waals surface area contributed by atoms with Crippen molar-refractivity contribution in [2.24, 2.45) is 0 Å². The van der Waals surface area contributed by atoms with Gasteiger partial charge in [0, 0.05) is 12.2 Å². The van der Waals surface area contributed by atoms with E-state index in [1.807, 2.05) is 12.1 Å². The quantitative estimate of drug-likeness (QED) is 0.844. The van der Waals surface area contributed by atoms with Crippen molar-refractivity contribution >= 4 is 11.6 Å². The predicted octanol–water partition coefficient (Wildman–Crippen LogP) is 3.89. The first-order valence-electron chi connectivity index (χ1n) is 8.21. The van der Waals surface area contributed by atoms with Gasteiger partial charge >= 0.3 is 0 Å². The van der Waals surface area contributed by atoms with Crippen molar-refractivity contribution in [2.75, 3.05) is 18.4 Å². The number of hydrogen-bond donors (Lipinski definition) is 2. The van der Waals surface area contributed by atoms with Crippen LogP contribution >= 0.6 is 0 Å². The molecular weight excluding hydrogens is 303 g/mol. The minimum Gasteiger partial charge on any atom is -0.376 e. The first-order valence-corrected chi connectivity index (χ1v) is 8.21. The molecule has 0 aliphatic rings. The van der Waals surface area contributed by atoms with Crippen molar-refractivity contribution in [2.45, 2.75) is 32.6 Å². The van der Waals surface area contributed by atoms with Gasteiger partial charge in [-0.05, 0) is 41.2 Å². The molecular formula is C20H25FN2O. The fraction of sp³-hybridized carbons (Fsp3) is 0.350. The van der Waals surface area contributed by atoms with Crippen LogP contribution in [-0.2, 0) is 16.6 Å². The zero-order valence-electron chi connectivity index (χ0n) is 14.5. The summed E-state index contributed by atoms with van der Waals surface area (Å²) in [4.78, 5) is 11.9. The maximum absolute atomic E-state index is 13.5. The van der Waals surface area contributed by atoms with Gasteiger partial charge in [0.25, 0.3) is 0 Å². The second kappa shape index (κ2) is 7.95. The van der Waals surface area contributed by atoms with Gasteiger partial charge in [0.05, 0.1) is 6.54 Å². The van der Waals surface area contributed by atoms with Gasteiger partial charge in [0.2, 0.25) is 5.91 Å². The standard InChI is InChI=1S/C20H25FN2O/c1-20(2,3)16-8-10-17(11-9-16)23-14-19(24)22-13-12-15-6-4-5-7-18(15)21/h4-11,23H,12-14H2,1-3H3,(H,22,24). The van der Waals surface area contributed by atoms with Crippen molar-refractivity contribution in [1.29, 1.82) is 0 Å². The maximum Gasteiger partial charge on any atom is 0.239 e. The summed E-state index contributed by atoms with van der Waals surface area (Å²) in [7, 11) is 0. The summed E-state index contributed by atoms with van der Waals surface area (Å²) in [5, 5.41) is 5.89. The normalized spacial score (nSPS) is 11.2. The molecule has 2 rings (SSSR count). The molecule has 2 aromatic rings. The van der Waals surface area contributed by atoms with E-state index in [-0.39, 0.29) is 23.7 Å².